The van der Waals surface area contributed by atoms with Gasteiger partial charge in [-0.25, -0.2) is 13.6 Å². The van der Waals surface area contributed by atoms with Crippen molar-refractivity contribution in [1.29, 1.82) is 0 Å². The van der Waals surface area contributed by atoms with Crippen LogP contribution in [-0.4, -0.2) is 18.7 Å². The molecule has 0 aliphatic carbocycles. The Balaban J connectivity index is 3.11. The molecule has 0 saturated carbocycles. The second-order valence-corrected chi connectivity index (χ2v) is 4.98. The van der Waals surface area contributed by atoms with Gasteiger partial charge in [0.25, 0.3) is 0 Å². The van der Waals surface area contributed by atoms with E-state index in [9.17, 15) is 13.6 Å². The van der Waals surface area contributed by atoms with Gasteiger partial charge in [-0.15, -0.1) is 0 Å². The van der Waals surface area contributed by atoms with Gasteiger partial charge in [-0.2, -0.15) is 0 Å². The van der Waals surface area contributed by atoms with Gasteiger partial charge >= 0.3 is 6.09 Å². The molecular weight excluding hydrogens is 264 g/mol. The smallest absolute Gasteiger partial charge is 0.414 e. The summed E-state index contributed by atoms with van der Waals surface area (Å²) < 4.78 is 39.1. The molecule has 0 aromatic heterocycles. The number of ether oxygens (including phenoxy) is 1. The summed E-state index contributed by atoms with van der Waals surface area (Å²) in [7, 11) is -0.576. The van der Waals surface area contributed by atoms with E-state index in [4.69, 9.17) is 17.7 Å². The number of nitrogens with zero attached hydrogens (tertiary/aromatic N) is 1. The Morgan fingerprint density at radius 1 is 1.44 bits per heavy atom. The number of amides is 1. The molecule has 0 aliphatic heterocycles. The third-order valence-electron chi connectivity index (χ3n) is 1.92. The topological polar surface area (TPSA) is 29.5 Å². The van der Waals surface area contributed by atoms with Gasteiger partial charge in [0.05, 0.1) is 5.69 Å². The lowest BCUT2D eigenvalue weighted by Gasteiger charge is -2.25. The van der Waals surface area contributed by atoms with Gasteiger partial charge in [-0.1, -0.05) is 11.6 Å². The summed E-state index contributed by atoms with van der Waals surface area (Å²) in [5.41, 5.74) is -1.08. The zero-order valence-electron chi connectivity index (χ0n) is 11.3. The van der Waals surface area contributed by atoms with Gasteiger partial charge in [0, 0.05) is 8.39 Å². The lowest BCUT2D eigenvalue weighted by molar-refractivity contribution is 0.0588. The van der Waals surface area contributed by atoms with Gasteiger partial charge in [-0.05, 0) is 32.9 Å². The average Bonchev–Trinajstić information content (AvgIpc) is 2.27. The minimum atomic E-state index is -1.10. The van der Waals surface area contributed by atoms with Gasteiger partial charge < -0.3 is 4.74 Å². The van der Waals surface area contributed by atoms with E-state index in [1.165, 1.54) is 0 Å². The van der Waals surface area contributed by atoms with Crippen LogP contribution in [0.5, 0.6) is 0 Å². The van der Waals surface area contributed by atoms with Crippen LogP contribution in [-0.2, 0) is 4.74 Å². The number of halogens is 3. The molecule has 0 aliphatic rings. The molecular formula is C12H14ClF2NO2. The van der Waals surface area contributed by atoms with E-state index in [-0.39, 0.29) is 5.69 Å². The first-order valence-electron chi connectivity index (χ1n) is 5.81. The second kappa shape index (κ2) is 5.10. The molecule has 0 atom stereocenters. The highest BCUT2D eigenvalue weighted by Gasteiger charge is 2.24. The predicted octanol–water partition coefficient (Wildman–Crippen LogP) is 3.99. The van der Waals surface area contributed by atoms with Gasteiger partial charge in [-0.3, -0.25) is 4.90 Å². The van der Waals surface area contributed by atoms with Gasteiger partial charge in [0.15, 0.2) is 5.82 Å². The van der Waals surface area contributed by atoms with Crippen molar-refractivity contribution in [2.75, 3.05) is 11.9 Å². The Labute approximate surface area is 111 Å². The van der Waals surface area contributed by atoms with Crippen molar-refractivity contribution < 1.29 is 19.7 Å². The van der Waals surface area contributed by atoms with E-state index < -0.39 is 35.4 Å². The highest BCUT2D eigenvalue weighted by Crippen LogP contribution is 2.28. The molecule has 0 saturated heterocycles. The Kier molecular flexibility index (Phi) is 3.71. The zero-order valence-corrected chi connectivity index (χ0v) is 11.0. The first-order chi connectivity index (χ1) is 8.67. The number of carbonyl (C=O) groups excluding carboxylic acids is 1. The van der Waals surface area contributed by atoms with Crippen LogP contribution in [0.3, 0.4) is 0 Å². The van der Waals surface area contributed by atoms with Crippen LogP contribution in [0, 0.1) is 11.6 Å². The number of anilines is 1. The third-order valence-corrected chi connectivity index (χ3v) is 2.27. The molecule has 18 heavy (non-hydrogen) atoms. The van der Waals surface area contributed by atoms with Crippen LogP contribution in [0.4, 0.5) is 19.3 Å². The SMILES string of the molecule is [2H]CN(C(=O)OC(C)(C)C)c1ccc(F)c(Cl)c1F. The third kappa shape index (κ3) is 3.32. The van der Waals surface area contributed by atoms with Crippen LogP contribution < -0.4 is 4.90 Å². The molecule has 0 fully saturated rings. The summed E-state index contributed by atoms with van der Waals surface area (Å²) in [6.45, 7) is 4.92. The van der Waals surface area contributed by atoms with E-state index in [1.54, 1.807) is 20.8 Å². The van der Waals surface area contributed by atoms with E-state index in [0.29, 0.717) is 0 Å². The monoisotopic (exact) mass is 278 g/mol. The summed E-state index contributed by atoms with van der Waals surface area (Å²) in [4.78, 5) is 12.5. The molecule has 3 nitrogen and oxygen atoms in total. The van der Waals surface area contributed by atoms with Crippen molar-refractivity contribution in [2.45, 2.75) is 26.4 Å². The fourth-order valence-electron chi connectivity index (χ4n) is 1.14. The van der Waals surface area contributed by atoms with Crippen LogP contribution in [0.25, 0.3) is 0 Å². The molecule has 1 aromatic carbocycles. The van der Waals surface area contributed by atoms with Crippen LogP contribution >= 0.6 is 11.6 Å². The minimum Gasteiger partial charge on any atom is -0.443 e. The van der Waals surface area contributed by atoms with Crippen LogP contribution in [0.2, 0.25) is 5.02 Å². The Morgan fingerprint density at radius 3 is 2.56 bits per heavy atom. The lowest BCUT2D eigenvalue weighted by atomic mass is 10.2. The molecule has 0 spiro atoms. The quantitative estimate of drug-likeness (QED) is 0.727. The van der Waals surface area contributed by atoms with Gasteiger partial charge in [0.1, 0.15) is 16.4 Å². The molecule has 1 aromatic rings. The maximum absolute atomic E-state index is 13.8. The first-order valence-corrected chi connectivity index (χ1v) is 5.48. The molecule has 0 heterocycles. The largest absolute Gasteiger partial charge is 0.443 e. The number of carbonyl (C=O) groups is 1. The molecule has 6 heteroatoms. The molecule has 0 unspecified atom stereocenters. The standard InChI is InChI=1S/C12H14ClF2NO2/c1-12(2,3)18-11(17)16(4)8-6-5-7(14)9(13)10(8)15/h5-6H,1-4H3/i4D. The molecule has 100 valence electrons. The number of rotatable bonds is 1. The summed E-state index contributed by atoms with van der Waals surface area (Å²) >= 11 is 5.43. The Hall–Kier alpha value is -1.36. The Morgan fingerprint density at radius 2 is 2.06 bits per heavy atom. The van der Waals surface area contributed by atoms with E-state index in [0.717, 1.165) is 17.0 Å². The van der Waals surface area contributed by atoms with Crippen molar-refractivity contribution in [3.05, 3.63) is 28.8 Å². The minimum absolute atomic E-state index is 0.296. The number of hydrogen-bond donors (Lipinski definition) is 0. The number of hydrogen-bond acceptors (Lipinski definition) is 2. The van der Waals surface area contributed by atoms with Crippen molar-refractivity contribution in [2.24, 2.45) is 0 Å². The summed E-state index contributed by atoms with van der Waals surface area (Å²) in [5.74, 6) is -2.03. The molecule has 0 radical (unpaired) electrons. The Bertz CT molecular complexity index is 491. The number of benzene rings is 1. The highest BCUT2D eigenvalue weighted by atomic mass is 35.5. The van der Waals surface area contributed by atoms with E-state index in [2.05, 4.69) is 0 Å². The maximum atomic E-state index is 13.8. The van der Waals surface area contributed by atoms with Crippen LogP contribution in [0.15, 0.2) is 12.1 Å². The molecule has 0 bridgehead atoms. The summed E-state index contributed by atoms with van der Waals surface area (Å²) in [6, 6.07) is 1.96. The first kappa shape index (κ1) is 13.1. The molecule has 1 amide bonds. The average molecular weight is 279 g/mol. The van der Waals surface area contributed by atoms with Crippen molar-refractivity contribution in [3.8, 4) is 0 Å². The van der Waals surface area contributed by atoms with Crippen molar-refractivity contribution >= 4 is 23.4 Å². The second-order valence-electron chi connectivity index (χ2n) is 4.60. The fraction of sp³-hybridized carbons (Fsp3) is 0.417. The summed E-state index contributed by atoms with van der Waals surface area (Å²) in [6.07, 6.45) is -0.899. The van der Waals surface area contributed by atoms with E-state index >= 15 is 0 Å². The van der Waals surface area contributed by atoms with Crippen LogP contribution in [0.1, 0.15) is 22.1 Å². The van der Waals surface area contributed by atoms with Crippen molar-refractivity contribution in [1.82, 2.24) is 0 Å². The predicted molar refractivity (Wildman–Crippen MR) is 66.0 cm³/mol. The highest BCUT2D eigenvalue weighted by molar-refractivity contribution is 6.31. The lowest BCUT2D eigenvalue weighted by Crippen LogP contribution is -2.34. The fourth-order valence-corrected chi connectivity index (χ4v) is 1.30. The maximum Gasteiger partial charge on any atom is 0.414 e. The van der Waals surface area contributed by atoms with Gasteiger partial charge in [0.2, 0.25) is 0 Å². The molecule has 0 N–H and O–H groups in total. The normalized spacial score (nSPS) is 12.0. The van der Waals surface area contributed by atoms with Crippen molar-refractivity contribution in [3.63, 3.8) is 0 Å². The summed E-state index contributed by atoms with van der Waals surface area (Å²) in [5, 5.41) is -0.723. The molecule has 1 rings (SSSR count). The van der Waals surface area contributed by atoms with E-state index in [1.807, 2.05) is 0 Å². The zero-order chi connectivity index (χ0) is 14.8.